The summed E-state index contributed by atoms with van der Waals surface area (Å²) in [5.74, 6) is 1.38. The molecule has 1 heterocycles. The Kier molecular flexibility index (Phi) is 5.91. The van der Waals surface area contributed by atoms with E-state index in [0.717, 1.165) is 19.1 Å². The predicted octanol–water partition coefficient (Wildman–Crippen LogP) is 2.96. The minimum Gasteiger partial charge on any atom is -0.517 e. The molecule has 0 saturated carbocycles. The molecule has 1 saturated heterocycles. The second-order valence-corrected chi connectivity index (χ2v) is 8.05. The fraction of sp³-hybridized carbons (Fsp3) is 0.692. The molecule has 1 aliphatic heterocycles. The lowest BCUT2D eigenvalue weighted by atomic mass is 10.5. The highest BCUT2D eigenvalue weighted by atomic mass is 28.4. The summed E-state index contributed by atoms with van der Waals surface area (Å²) in [4.78, 5) is 0. The summed E-state index contributed by atoms with van der Waals surface area (Å²) in [6.07, 6.45) is 1.24. The molecule has 0 radical (unpaired) electrons. The van der Waals surface area contributed by atoms with E-state index in [1.165, 1.54) is 0 Å². The van der Waals surface area contributed by atoms with E-state index in [4.69, 9.17) is 18.3 Å². The van der Waals surface area contributed by atoms with Crippen molar-refractivity contribution in [3.63, 3.8) is 0 Å². The molecule has 1 rings (SSSR count). The lowest BCUT2D eigenvalue weighted by Gasteiger charge is -2.28. The quantitative estimate of drug-likeness (QED) is 0.265. The summed E-state index contributed by atoms with van der Waals surface area (Å²) in [5, 5.41) is 0. The maximum absolute atomic E-state index is 5.77. The van der Waals surface area contributed by atoms with Gasteiger partial charge in [0.1, 0.15) is 6.10 Å². The third-order valence-corrected chi connectivity index (χ3v) is 5.23. The van der Waals surface area contributed by atoms with Crippen LogP contribution in [0.3, 0.4) is 0 Å². The van der Waals surface area contributed by atoms with Gasteiger partial charge in [0.15, 0.2) is 0 Å². The third kappa shape index (κ3) is 6.83. The zero-order valence-corrected chi connectivity index (χ0v) is 12.7. The zero-order chi connectivity index (χ0) is 13.6. The van der Waals surface area contributed by atoms with Crippen molar-refractivity contribution >= 4 is 8.56 Å². The van der Waals surface area contributed by atoms with Crippen LogP contribution in [0, 0.1) is 0 Å². The highest BCUT2D eigenvalue weighted by Gasteiger charge is 2.35. The molecule has 0 N–H and O–H groups in total. The Bertz CT molecular complexity index is 283. The van der Waals surface area contributed by atoms with E-state index in [1.807, 2.05) is 20.4 Å². The summed E-state index contributed by atoms with van der Waals surface area (Å²) in [7, 11) is -2.25. The Morgan fingerprint density at radius 1 is 1.28 bits per heavy atom. The molecule has 104 valence electrons. The number of allylic oxidation sites excluding steroid dienone is 2. The minimum atomic E-state index is -2.25. The average molecular weight is 272 g/mol. The zero-order valence-electron chi connectivity index (χ0n) is 11.7. The minimum absolute atomic E-state index is 0.326. The molecule has 0 aromatic rings. The van der Waals surface area contributed by atoms with Crippen molar-refractivity contribution in [2.75, 3.05) is 19.8 Å². The molecule has 0 aromatic heterocycles. The standard InChI is InChI=1S/C13H24O4Si/c1-11(2)16-18(5,17-12(3)4)8-6-7-14-9-13-10-15-13/h13H,1,3,6-10H2,2,4-5H3/t13-/m0/s1. The first kappa shape index (κ1) is 15.3. The predicted molar refractivity (Wildman–Crippen MR) is 73.4 cm³/mol. The fourth-order valence-corrected chi connectivity index (χ4v) is 4.24. The van der Waals surface area contributed by atoms with Crippen LogP contribution >= 0.6 is 0 Å². The molecule has 0 aliphatic carbocycles. The van der Waals surface area contributed by atoms with Crippen LogP contribution in [0.5, 0.6) is 0 Å². The maximum atomic E-state index is 5.77. The molecule has 5 heteroatoms. The number of hydrogen-bond acceptors (Lipinski definition) is 4. The SMILES string of the molecule is C=C(C)O[Si](C)(CCCOC[C@H]1CO1)OC(=C)C. The number of rotatable bonds is 10. The van der Waals surface area contributed by atoms with Gasteiger partial charge in [-0.05, 0) is 20.3 Å². The van der Waals surface area contributed by atoms with Crippen molar-refractivity contribution in [1.82, 2.24) is 0 Å². The Labute approximate surface area is 111 Å². The van der Waals surface area contributed by atoms with Crippen molar-refractivity contribution < 1.29 is 18.3 Å². The number of epoxide rings is 1. The van der Waals surface area contributed by atoms with Gasteiger partial charge in [-0.2, -0.15) is 0 Å². The van der Waals surface area contributed by atoms with Crippen LogP contribution in [-0.4, -0.2) is 34.5 Å². The molecule has 0 unspecified atom stereocenters. The Morgan fingerprint density at radius 2 is 1.83 bits per heavy atom. The summed E-state index contributed by atoms with van der Waals surface area (Å²) in [5.41, 5.74) is 0. The normalized spacial score (nSPS) is 18.3. The molecule has 0 amide bonds. The Morgan fingerprint density at radius 3 is 2.28 bits per heavy atom. The van der Waals surface area contributed by atoms with E-state index < -0.39 is 8.56 Å². The van der Waals surface area contributed by atoms with Crippen molar-refractivity contribution in [1.29, 1.82) is 0 Å². The van der Waals surface area contributed by atoms with Crippen molar-refractivity contribution in [2.24, 2.45) is 0 Å². The van der Waals surface area contributed by atoms with E-state index in [9.17, 15) is 0 Å². The van der Waals surface area contributed by atoms with Crippen LogP contribution in [0.15, 0.2) is 24.7 Å². The first-order valence-corrected chi connectivity index (χ1v) is 8.82. The molecule has 0 aromatic carbocycles. The van der Waals surface area contributed by atoms with Gasteiger partial charge < -0.3 is 18.3 Å². The van der Waals surface area contributed by atoms with Crippen molar-refractivity contribution in [2.45, 2.75) is 39.0 Å². The van der Waals surface area contributed by atoms with E-state index >= 15 is 0 Å². The second kappa shape index (κ2) is 6.97. The van der Waals surface area contributed by atoms with E-state index in [-0.39, 0.29) is 0 Å². The van der Waals surface area contributed by atoms with Gasteiger partial charge in [-0.1, -0.05) is 13.2 Å². The van der Waals surface area contributed by atoms with Crippen LogP contribution in [0.1, 0.15) is 20.3 Å². The van der Waals surface area contributed by atoms with Crippen LogP contribution in [0.4, 0.5) is 0 Å². The van der Waals surface area contributed by atoms with Crippen LogP contribution in [0.2, 0.25) is 12.6 Å². The molecule has 1 aliphatic rings. The molecular weight excluding hydrogens is 248 g/mol. The topological polar surface area (TPSA) is 40.2 Å². The highest BCUT2D eigenvalue weighted by Crippen LogP contribution is 2.21. The fourth-order valence-electron chi connectivity index (χ4n) is 1.73. The number of ether oxygens (including phenoxy) is 2. The van der Waals surface area contributed by atoms with Gasteiger partial charge in [-0.3, -0.25) is 0 Å². The molecular formula is C13H24O4Si. The van der Waals surface area contributed by atoms with Crippen molar-refractivity contribution in [3.05, 3.63) is 24.7 Å². The largest absolute Gasteiger partial charge is 0.517 e. The maximum Gasteiger partial charge on any atom is 0.456 e. The molecule has 18 heavy (non-hydrogen) atoms. The van der Waals surface area contributed by atoms with Gasteiger partial charge in [0.2, 0.25) is 0 Å². The van der Waals surface area contributed by atoms with Gasteiger partial charge >= 0.3 is 8.56 Å². The first-order chi connectivity index (χ1) is 8.41. The van der Waals surface area contributed by atoms with Gasteiger partial charge in [0, 0.05) is 19.2 Å². The second-order valence-electron chi connectivity index (χ2n) is 4.88. The summed E-state index contributed by atoms with van der Waals surface area (Å²) < 4.78 is 22.1. The Hall–Kier alpha value is -0.783. The van der Waals surface area contributed by atoms with Crippen molar-refractivity contribution in [3.8, 4) is 0 Å². The molecule has 0 spiro atoms. The van der Waals surface area contributed by atoms with Gasteiger partial charge in [0.25, 0.3) is 0 Å². The molecule has 4 nitrogen and oxygen atoms in total. The van der Waals surface area contributed by atoms with E-state index in [1.54, 1.807) is 0 Å². The molecule has 1 atom stereocenters. The molecule has 1 fully saturated rings. The van der Waals surface area contributed by atoms with Gasteiger partial charge in [-0.25, -0.2) is 0 Å². The summed E-state index contributed by atoms with van der Waals surface area (Å²) in [6.45, 7) is 15.5. The smallest absolute Gasteiger partial charge is 0.456 e. The van der Waals surface area contributed by atoms with Crippen LogP contribution in [-0.2, 0) is 18.3 Å². The molecule has 0 bridgehead atoms. The van der Waals surface area contributed by atoms with Crippen LogP contribution < -0.4 is 0 Å². The monoisotopic (exact) mass is 272 g/mol. The van der Waals surface area contributed by atoms with Crippen LogP contribution in [0.25, 0.3) is 0 Å². The lowest BCUT2D eigenvalue weighted by molar-refractivity contribution is 0.115. The highest BCUT2D eigenvalue weighted by molar-refractivity contribution is 6.66. The average Bonchev–Trinajstić information content (AvgIpc) is 2.97. The van der Waals surface area contributed by atoms with E-state index in [2.05, 4.69) is 13.2 Å². The Balaban J connectivity index is 2.24. The van der Waals surface area contributed by atoms with Gasteiger partial charge in [-0.15, -0.1) is 0 Å². The van der Waals surface area contributed by atoms with Gasteiger partial charge in [0.05, 0.1) is 24.7 Å². The van der Waals surface area contributed by atoms with E-state index in [0.29, 0.717) is 30.8 Å². The summed E-state index contributed by atoms with van der Waals surface area (Å²) >= 11 is 0. The number of hydrogen-bond donors (Lipinski definition) is 0. The lowest BCUT2D eigenvalue weighted by Crippen LogP contribution is -2.37. The first-order valence-electron chi connectivity index (χ1n) is 6.30. The third-order valence-electron chi connectivity index (χ3n) is 2.41. The summed E-state index contributed by atoms with van der Waals surface area (Å²) in [6, 6.07) is 0.859.